The fraction of sp³-hybridized carbons (Fsp3) is 0.190. The van der Waals surface area contributed by atoms with Crippen LogP contribution in [0.25, 0.3) is 22.6 Å². The van der Waals surface area contributed by atoms with Crippen molar-refractivity contribution in [2.24, 2.45) is 0 Å². The molecule has 0 aliphatic carbocycles. The second-order valence-corrected chi connectivity index (χ2v) is 6.06. The van der Waals surface area contributed by atoms with Crippen LogP contribution in [0.5, 0.6) is 0 Å². The number of aromatic nitrogens is 2. The van der Waals surface area contributed by atoms with Gasteiger partial charge < -0.3 is 5.32 Å². The van der Waals surface area contributed by atoms with Crippen molar-refractivity contribution >= 4 is 11.8 Å². The van der Waals surface area contributed by atoms with E-state index in [9.17, 15) is 10.0 Å². The first-order chi connectivity index (χ1) is 13.2. The third-order valence-corrected chi connectivity index (χ3v) is 4.03. The lowest BCUT2D eigenvalue weighted by atomic mass is 10.1. The monoisotopic (exact) mass is 362 g/mol. The van der Waals surface area contributed by atoms with Crippen LogP contribution in [-0.2, 0) is 0 Å². The molecule has 138 valence electrons. The minimum atomic E-state index is -0.611. The van der Waals surface area contributed by atoms with Gasteiger partial charge in [-0.2, -0.15) is 5.06 Å². The Balaban J connectivity index is 1.99. The number of carbonyl (C=O) groups is 1. The number of unbranched alkanes of at least 4 members (excludes halogenated alkanes) is 1. The van der Waals surface area contributed by atoms with Gasteiger partial charge in [0.1, 0.15) is 0 Å². The Labute approximate surface area is 158 Å². The van der Waals surface area contributed by atoms with Crippen molar-refractivity contribution in [3.05, 3.63) is 66.7 Å². The van der Waals surface area contributed by atoms with Gasteiger partial charge in [-0.15, -0.1) is 0 Å². The summed E-state index contributed by atoms with van der Waals surface area (Å²) in [6.45, 7) is 2.53. The summed E-state index contributed by atoms with van der Waals surface area (Å²) in [7, 11) is 0. The van der Waals surface area contributed by atoms with Gasteiger partial charge >= 0.3 is 6.03 Å². The molecule has 1 aromatic heterocycles. The Morgan fingerprint density at radius 3 is 2.26 bits per heavy atom. The molecule has 0 aliphatic rings. The number of urea groups is 1. The molecule has 1 heterocycles. The highest BCUT2D eigenvalue weighted by Crippen LogP contribution is 2.25. The normalized spacial score (nSPS) is 10.4. The van der Waals surface area contributed by atoms with Crippen LogP contribution in [0, 0.1) is 0 Å². The lowest BCUT2D eigenvalue weighted by Gasteiger charge is -2.16. The molecular weight excluding hydrogens is 340 g/mol. The van der Waals surface area contributed by atoms with Crippen molar-refractivity contribution < 1.29 is 10.0 Å². The van der Waals surface area contributed by atoms with Crippen molar-refractivity contribution in [2.75, 3.05) is 11.6 Å². The smallest absolute Gasteiger partial charge is 0.336 e. The van der Waals surface area contributed by atoms with Crippen molar-refractivity contribution in [3.63, 3.8) is 0 Å². The van der Waals surface area contributed by atoms with Crippen molar-refractivity contribution in [1.29, 1.82) is 0 Å². The van der Waals surface area contributed by atoms with Gasteiger partial charge in [0.15, 0.2) is 11.6 Å². The first kappa shape index (κ1) is 18.5. The van der Waals surface area contributed by atoms with Crippen molar-refractivity contribution in [2.45, 2.75) is 19.8 Å². The van der Waals surface area contributed by atoms with Crippen LogP contribution >= 0.6 is 0 Å². The lowest BCUT2D eigenvalue weighted by molar-refractivity contribution is 0.203. The first-order valence-electron chi connectivity index (χ1n) is 8.96. The molecular formula is C21H22N4O2. The van der Waals surface area contributed by atoms with Gasteiger partial charge in [0, 0.05) is 23.7 Å². The molecule has 0 unspecified atom stereocenters. The van der Waals surface area contributed by atoms with Gasteiger partial charge in [-0.25, -0.2) is 14.8 Å². The van der Waals surface area contributed by atoms with E-state index in [1.807, 2.05) is 67.6 Å². The van der Waals surface area contributed by atoms with Gasteiger partial charge in [-0.3, -0.25) is 5.21 Å². The predicted molar refractivity (Wildman–Crippen MR) is 105 cm³/mol. The SMILES string of the molecule is CCCCNC(=O)N(O)c1cc(-c2ccccc2)nc(-c2ccccc2)n1. The Kier molecular flexibility index (Phi) is 6.12. The predicted octanol–water partition coefficient (Wildman–Crippen LogP) is 4.52. The van der Waals surface area contributed by atoms with Gasteiger partial charge in [-0.1, -0.05) is 74.0 Å². The summed E-state index contributed by atoms with van der Waals surface area (Å²) in [5.74, 6) is 0.559. The van der Waals surface area contributed by atoms with E-state index in [-0.39, 0.29) is 5.82 Å². The summed E-state index contributed by atoms with van der Waals surface area (Å²) in [5, 5.41) is 13.6. The highest BCUT2D eigenvalue weighted by atomic mass is 16.5. The Hall–Kier alpha value is -3.25. The van der Waals surface area contributed by atoms with Crippen LogP contribution < -0.4 is 10.4 Å². The van der Waals surface area contributed by atoms with E-state index in [0.29, 0.717) is 23.1 Å². The molecule has 2 N–H and O–H groups in total. The number of hydroxylamine groups is 1. The molecule has 0 atom stereocenters. The van der Waals surface area contributed by atoms with Crippen LogP contribution in [-0.4, -0.2) is 27.8 Å². The molecule has 0 aliphatic heterocycles. The standard InChI is InChI=1S/C21H22N4O2/c1-2-3-14-22-21(26)25(27)19-15-18(16-10-6-4-7-11-16)23-20(24-19)17-12-8-5-9-13-17/h4-13,15,27H,2-3,14H2,1H3,(H,22,26). The van der Waals surface area contributed by atoms with Crippen molar-refractivity contribution in [1.82, 2.24) is 15.3 Å². The van der Waals surface area contributed by atoms with Gasteiger partial charge in [0.2, 0.25) is 0 Å². The molecule has 0 spiro atoms. The third-order valence-electron chi connectivity index (χ3n) is 4.03. The number of carbonyl (C=O) groups excluding carboxylic acids is 1. The number of nitrogens with zero attached hydrogens (tertiary/aromatic N) is 3. The molecule has 27 heavy (non-hydrogen) atoms. The summed E-state index contributed by atoms with van der Waals surface area (Å²) in [6.07, 6.45) is 1.80. The highest BCUT2D eigenvalue weighted by Gasteiger charge is 2.17. The number of rotatable bonds is 6. The molecule has 3 aromatic rings. The van der Waals surface area contributed by atoms with Gasteiger partial charge in [-0.05, 0) is 6.42 Å². The summed E-state index contributed by atoms with van der Waals surface area (Å²) in [4.78, 5) is 21.2. The molecule has 6 nitrogen and oxygen atoms in total. The Bertz CT molecular complexity index is 827. The summed E-state index contributed by atoms with van der Waals surface area (Å²) < 4.78 is 0. The summed E-state index contributed by atoms with van der Waals surface area (Å²) >= 11 is 0. The zero-order chi connectivity index (χ0) is 19.1. The molecule has 0 saturated carbocycles. The van der Waals surface area contributed by atoms with E-state index >= 15 is 0 Å². The zero-order valence-corrected chi connectivity index (χ0v) is 15.2. The Morgan fingerprint density at radius 1 is 1.00 bits per heavy atom. The van der Waals surface area contributed by atoms with E-state index < -0.39 is 6.03 Å². The molecule has 3 rings (SSSR count). The number of anilines is 1. The minimum Gasteiger partial charge on any atom is -0.336 e. The van der Waals surface area contributed by atoms with Crippen LogP contribution in [0.2, 0.25) is 0 Å². The highest BCUT2D eigenvalue weighted by molar-refractivity contribution is 5.89. The van der Waals surface area contributed by atoms with Gasteiger partial charge in [0.05, 0.1) is 5.69 Å². The number of hydrogen-bond donors (Lipinski definition) is 2. The number of hydrogen-bond acceptors (Lipinski definition) is 4. The molecule has 0 radical (unpaired) electrons. The molecule has 0 fully saturated rings. The third kappa shape index (κ3) is 4.68. The molecule has 0 saturated heterocycles. The largest absolute Gasteiger partial charge is 0.347 e. The number of nitrogens with one attached hydrogen (secondary N) is 1. The maximum atomic E-state index is 12.2. The fourth-order valence-electron chi connectivity index (χ4n) is 2.57. The van der Waals surface area contributed by atoms with E-state index in [4.69, 9.17) is 0 Å². The maximum absolute atomic E-state index is 12.2. The average molecular weight is 362 g/mol. The van der Waals surface area contributed by atoms with Crippen LogP contribution in [0.4, 0.5) is 10.6 Å². The van der Waals surface area contributed by atoms with Crippen LogP contribution in [0.15, 0.2) is 66.7 Å². The molecule has 2 amide bonds. The van der Waals surface area contributed by atoms with Gasteiger partial charge in [0.25, 0.3) is 0 Å². The second-order valence-electron chi connectivity index (χ2n) is 6.06. The maximum Gasteiger partial charge on any atom is 0.347 e. The van der Waals surface area contributed by atoms with Crippen LogP contribution in [0.3, 0.4) is 0 Å². The van der Waals surface area contributed by atoms with E-state index in [1.165, 1.54) is 0 Å². The molecule has 2 aromatic carbocycles. The summed E-state index contributed by atoms with van der Waals surface area (Å²) in [5.41, 5.74) is 2.30. The lowest BCUT2D eigenvalue weighted by Crippen LogP contribution is -2.38. The van der Waals surface area contributed by atoms with E-state index in [1.54, 1.807) is 6.07 Å². The number of benzene rings is 2. The average Bonchev–Trinajstić information content (AvgIpc) is 2.74. The van der Waals surface area contributed by atoms with E-state index in [0.717, 1.165) is 24.0 Å². The minimum absolute atomic E-state index is 0.122. The zero-order valence-electron chi connectivity index (χ0n) is 15.2. The quantitative estimate of drug-likeness (QED) is 0.384. The summed E-state index contributed by atoms with van der Waals surface area (Å²) in [6, 6.07) is 20.0. The van der Waals surface area contributed by atoms with Crippen molar-refractivity contribution in [3.8, 4) is 22.6 Å². The van der Waals surface area contributed by atoms with E-state index in [2.05, 4.69) is 15.3 Å². The van der Waals surface area contributed by atoms with Crippen LogP contribution in [0.1, 0.15) is 19.8 Å². The fourth-order valence-corrected chi connectivity index (χ4v) is 2.57. The Morgan fingerprint density at radius 2 is 1.63 bits per heavy atom. The number of amides is 2. The molecule has 6 heteroatoms. The topological polar surface area (TPSA) is 78.4 Å². The first-order valence-corrected chi connectivity index (χ1v) is 8.96. The molecule has 0 bridgehead atoms. The second kappa shape index (κ2) is 8.91.